The number of anilines is 1. The number of carbonyl (C=O) groups is 1. The van der Waals surface area contributed by atoms with Crippen molar-refractivity contribution in [3.8, 4) is 5.75 Å². The van der Waals surface area contributed by atoms with Crippen LogP contribution in [0.5, 0.6) is 5.75 Å². The molecule has 5 rings (SSSR count). The number of amides is 1. The number of halogens is 3. The van der Waals surface area contributed by atoms with Crippen molar-refractivity contribution in [1.82, 2.24) is 9.88 Å². The first-order chi connectivity index (χ1) is 18.3. The molecule has 0 aliphatic carbocycles. The van der Waals surface area contributed by atoms with E-state index in [4.69, 9.17) is 43.8 Å². The van der Waals surface area contributed by atoms with Crippen molar-refractivity contribution in [3.05, 3.63) is 93.6 Å². The van der Waals surface area contributed by atoms with Gasteiger partial charge in [0.25, 0.3) is 0 Å². The van der Waals surface area contributed by atoms with E-state index in [-0.39, 0.29) is 27.5 Å². The standard InChI is InChI=1S/C28H25Cl2FN4O3/c1-15(22-20(29)7-8-21(31)23(22)30)38-26-25-18(13-34-27(26)33)19(14-37-25)16-9-11-35(12-10-16)28(36)24(32)17-5-3-2-4-6-17/h2-9,13-15,24H,10-12,32H2,1H3,(H2,33,34)/t15-,24-/m1/s1. The van der Waals surface area contributed by atoms with Crippen LogP contribution in [0.15, 0.2) is 65.4 Å². The van der Waals surface area contributed by atoms with Crippen LogP contribution in [0.1, 0.15) is 42.2 Å². The second-order valence-corrected chi connectivity index (χ2v) is 9.82. The van der Waals surface area contributed by atoms with Crippen molar-refractivity contribution in [2.45, 2.75) is 25.5 Å². The number of pyridine rings is 1. The molecule has 0 spiro atoms. The Morgan fingerprint density at radius 2 is 1.97 bits per heavy atom. The number of hydrogen-bond acceptors (Lipinski definition) is 6. The molecule has 1 aliphatic rings. The van der Waals surface area contributed by atoms with Crippen LogP contribution >= 0.6 is 23.2 Å². The van der Waals surface area contributed by atoms with Crippen molar-refractivity contribution < 1.29 is 18.3 Å². The number of benzene rings is 2. The van der Waals surface area contributed by atoms with Crippen molar-refractivity contribution in [2.24, 2.45) is 5.73 Å². The fraction of sp³-hybridized carbons (Fsp3) is 0.214. The zero-order valence-corrected chi connectivity index (χ0v) is 22.0. The Hall–Kier alpha value is -3.59. The van der Waals surface area contributed by atoms with Gasteiger partial charge in [0.15, 0.2) is 11.4 Å². The van der Waals surface area contributed by atoms with Crippen LogP contribution in [-0.2, 0) is 4.79 Å². The van der Waals surface area contributed by atoms with Gasteiger partial charge < -0.3 is 25.5 Å². The molecule has 0 bridgehead atoms. The molecule has 196 valence electrons. The van der Waals surface area contributed by atoms with Gasteiger partial charge in [-0.05, 0) is 36.6 Å². The summed E-state index contributed by atoms with van der Waals surface area (Å²) in [5.41, 5.74) is 15.6. The molecular formula is C28H25Cl2FN4O3. The van der Waals surface area contributed by atoms with E-state index in [9.17, 15) is 9.18 Å². The zero-order valence-electron chi connectivity index (χ0n) is 20.5. The molecule has 1 amide bonds. The molecule has 1 aliphatic heterocycles. The number of nitrogens with two attached hydrogens (primary N) is 2. The lowest BCUT2D eigenvalue weighted by molar-refractivity contribution is -0.132. The molecule has 7 nitrogen and oxygen atoms in total. The van der Waals surface area contributed by atoms with Crippen LogP contribution in [0.4, 0.5) is 10.2 Å². The lowest BCUT2D eigenvalue weighted by Crippen LogP contribution is -2.40. The van der Waals surface area contributed by atoms with Gasteiger partial charge in [0.2, 0.25) is 11.7 Å². The van der Waals surface area contributed by atoms with Gasteiger partial charge in [0.05, 0.1) is 16.7 Å². The maximum Gasteiger partial charge on any atom is 0.244 e. The molecule has 2 aromatic carbocycles. The molecule has 0 saturated carbocycles. The first-order valence-corrected chi connectivity index (χ1v) is 12.8. The summed E-state index contributed by atoms with van der Waals surface area (Å²) in [5.74, 6) is -0.414. The van der Waals surface area contributed by atoms with Gasteiger partial charge in [-0.15, -0.1) is 0 Å². The van der Waals surface area contributed by atoms with Crippen LogP contribution in [0.25, 0.3) is 16.5 Å². The minimum atomic E-state index is -0.740. The average molecular weight is 555 g/mol. The number of hydrogen-bond donors (Lipinski definition) is 2. The van der Waals surface area contributed by atoms with E-state index in [2.05, 4.69) is 4.98 Å². The highest BCUT2D eigenvalue weighted by molar-refractivity contribution is 6.36. The maximum absolute atomic E-state index is 14.1. The SMILES string of the molecule is C[C@@H](Oc1c(N)ncc2c(C3=CCN(C(=O)[C@H](N)c4ccccc4)CC3)coc12)c1c(Cl)ccc(F)c1Cl. The Morgan fingerprint density at radius 1 is 1.21 bits per heavy atom. The minimum absolute atomic E-state index is 0.109. The van der Waals surface area contributed by atoms with Crippen LogP contribution in [0.3, 0.4) is 0 Å². The van der Waals surface area contributed by atoms with E-state index < -0.39 is 18.0 Å². The second kappa shape index (κ2) is 10.6. The van der Waals surface area contributed by atoms with Crippen molar-refractivity contribution in [3.63, 3.8) is 0 Å². The number of aromatic nitrogens is 1. The van der Waals surface area contributed by atoms with E-state index in [1.807, 2.05) is 36.4 Å². The highest BCUT2D eigenvalue weighted by Crippen LogP contribution is 2.41. The smallest absolute Gasteiger partial charge is 0.244 e. The Kier molecular flexibility index (Phi) is 7.29. The largest absolute Gasteiger partial charge is 0.478 e. The van der Waals surface area contributed by atoms with E-state index in [1.54, 1.807) is 24.3 Å². The maximum atomic E-state index is 14.1. The number of carbonyl (C=O) groups excluding carboxylic acids is 1. The monoisotopic (exact) mass is 554 g/mol. The van der Waals surface area contributed by atoms with Crippen LogP contribution in [0, 0.1) is 5.82 Å². The third-order valence-corrected chi connectivity index (χ3v) is 7.39. The minimum Gasteiger partial charge on any atom is -0.478 e. The Bertz CT molecular complexity index is 1540. The zero-order chi connectivity index (χ0) is 27.0. The van der Waals surface area contributed by atoms with Crippen molar-refractivity contribution >= 4 is 51.5 Å². The van der Waals surface area contributed by atoms with Gasteiger partial charge in [-0.3, -0.25) is 4.79 Å². The average Bonchev–Trinajstić information content (AvgIpc) is 3.37. The summed E-state index contributed by atoms with van der Waals surface area (Å²) in [4.78, 5) is 19.0. The fourth-order valence-electron chi connectivity index (χ4n) is 4.61. The summed E-state index contributed by atoms with van der Waals surface area (Å²) in [7, 11) is 0. The number of nitrogens with zero attached hydrogens (tertiary/aromatic N) is 2. The molecule has 2 atom stereocenters. The van der Waals surface area contributed by atoms with E-state index in [1.165, 1.54) is 12.1 Å². The molecule has 4 N–H and O–H groups in total. The van der Waals surface area contributed by atoms with Gasteiger partial charge in [0, 0.05) is 35.4 Å². The van der Waals surface area contributed by atoms with Crippen LogP contribution in [0.2, 0.25) is 10.0 Å². The third-order valence-electron chi connectivity index (χ3n) is 6.67. The molecule has 10 heteroatoms. The summed E-state index contributed by atoms with van der Waals surface area (Å²) in [5, 5.41) is 0.841. The predicted molar refractivity (Wildman–Crippen MR) is 146 cm³/mol. The number of rotatable bonds is 6. The highest BCUT2D eigenvalue weighted by atomic mass is 35.5. The summed E-state index contributed by atoms with van der Waals surface area (Å²) in [6.45, 7) is 2.61. The third kappa shape index (κ3) is 4.82. The molecule has 38 heavy (non-hydrogen) atoms. The second-order valence-electron chi connectivity index (χ2n) is 9.03. The molecule has 0 saturated heterocycles. The Morgan fingerprint density at radius 3 is 2.68 bits per heavy atom. The molecule has 3 heterocycles. The molecule has 0 fully saturated rings. The van der Waals surface area contributed by atoms with Gasteiger partial charge in [0.1, 0.15) is 18.0 Å². The summed E-state index contributed by atoms with van der Waals surface area (Å²) < 4.78 is 26.0. The summed E-state index contributed by atoms with van der Waals surface area (Å²) >= 11 is 12.4. The topological polar surface area (TPSA) is 108 Å². The lowest BCUT2D eigenvalue weighted by atomic mass is 9.98. The number of nitrogen functional groups attached to an aromatic ring is 1. The number of fused-ring (bicyclic) bond motifs is 1. The van der Waals surface area contributed by atoms with Gasteiger partial charge in [-0.1, -0.05) is 59.6 Å². The number of ether oxygens (including phenoxy) is 1. The quantitative estimate of drug-likeness (QED) is 0.270. The molecule has 0 radical (unpaired) electrons. The number of furan rings is 1. The first kappa shape index (κ1) is 26.0. The van der Waals surface area contributed by atoms with Crippen molar-refractivity contribution in [1.29, 1.82) is 0 Å². The Balaban J connectivity index is 1.38. The first-order valence-electron chi connectivity index (χ1n) is 12.0. The van der Waals surface area contributed by atoms with E-state index in [0.717, 1.165) is 16.7 Å². The Labute approximate surface area is 228 Å². The van der Waals surface area contributed by atoms with Gasteiger partial charge in [-0.25, -0.2) is 9.37 Å². The predicted octanol–water partition coefficient (Wildman–Crippen LogP) is 6.31. The van der Waals surface area contributed by atoms with Crippen LogP contribution < -0.4 is 16.2 Å². The van der Waals surface area contributed by atoms with Gasteiger partial charge in [-0.2, -0.15) is 0 Å². The fourth-order valence-corrected chi connectivity index (χ4v) is 5.29. The van der Waals surface area contributed by atoms with Gasteiger partial charge >= 0.3 is 0 Å². The molecular weight excluding hydrogens is 530 g/mol. The van der Waals surface area contributed by atoms with Crippen molar-refractivity contribution in [2.75, 3.05) is 18.8 Å². The molecule has 2 aromatic heterocycles. The van der Waals surface area contributed by atoms with Crippen LogP contribution in [-0.4, -0.2) is 28.9 Å². The molecule has 4 aromatic rings. The summed E-state index contributed by atoms with van der Waals surface area (Å²) in [6.07, 6.45) is 5.08. The van der Waals surface area contributed by atoms with E-state index >= 15 is 0 Å². The lowest BCUT2D eigenvalue weighted by Gasteiger charge is -2.28. The summed E-state index contributed by atoms with van der Waals surface area (Å²) in [6, 6.07) is 11.2. The highest BCUT2D eigenvalue weighted by Gasteiger charge is 2.27. The normalized spacial score (nSPS) is 15.3. The van der Waals surface area contributed by atoms with E-state index in [0.29, 0.717) is 36.0 Å². The molecule has 0 unspecified atom stereocenters.